The Morgan fingerprint density at radius 2 is 1.69 bits per heavy atom. The van der Waals surface area contributed by atoms with E-state index in [2.05, 4.69) is 12.2 Å². The van der Waals surface area contributed by atoms with Crippen LogP contribution in [0.2, 0.25) is 5.02 Å². The molecule has 0 bridgehead atoms. The summed E-state index contributed by atoms with van der Waals surface area (Å²) in [4.78, 5) is 28.3. The second-order valence-corrected chi connectivity index (χ2v) is 11.0. The van der Waals surface area contributed by atoms with Crippen molar-refractivity contribution in [3.8, 4) is 0 Å². The lowest BCUT2D eigenvalue weighted by Gasteiger charge is -2.44. The maximum absolute atomic E-state index is 13.5. The highest BCUT2D eigenvalue weighted by molar-refractivity contribution is 6.30. The number of nitrogens with zero attached hydrogens (tertiary/aromatic N) is 1. The number of fused-ring (bicyclic) bond motifs is 1. The highest BCUT2D eigenvalue weighted by Crippen LogP contribution is 2.34. The largest absolute Gasteiger partial charge is 0.482 e. The van der Waals surface area contributed by atoms with Gasteiger partial charge in [-0.2, -0.15) is 0 Å². The van der Waals surface area contributed by atoms with Gasteiger partial charge in [0.1, 0.15) is 6.10 Å². The van der Waals surface area contributed by atoms with Crippen LogP contribution in [0.15, 0.2) is 54.3 Å². The summed E-state index contributed by atoms with van der Waals surface area (Å²) in [6, 6.07) is 15.5. The van der Waals surface area contributed by atoms with E-state index in [1.165, 1.54) is 19.3 Å². The van der Waals surface area contributed by atoms with Gasteiger partial charge in [-0.3, -0.25) is 9.59 Å². The van der Waals surface area contributed by atoms with Gasteiger partial charge >= 0.3 is 0 Å². The summed E-state index contributed by atoms with van der Waals surface area (Å²) in [7, 11) is 0. The van der Waals surface area contributed by atoms with Gasteiger partial charge in [0, 0.05) is 23.2 Å². The molecule has 3 aliphatic rings. The topological polar surface area (TPSA) is 58.6 Å². The molecule has 2 aromatic carbocycles. The second-order valence-electron chi connectivity index (χ2n) is 10.5. The molecule has 5 rings (SSSR count). The molecule has 2 aromatic rings. The fourth-order valence-electron chi connectivity index (χ4n) is 5.81. The number of carbonyl (C=O) groups excluding carboxylic acids is 2. The smallest absolute Gasteiger partial charge is 0.289 e. The van der Waals surface area contributed by atoms with E-state index < -0.39 is 0 Å². The van der Waals surface area contributed by atoms with Crippen molar-refractivity contribution in [1.82, 2.24) is 10.2 Å². The van der Waals surface area contributed by atoms with Gasteiger partial charge in [-0.05, 0) is 79.5 Å². The van der Waals surface area contributed by atoms with Crippen molar-refractivity contribution < 1.29 is 14.3 Å². The van der Waals surface area contributed by atoms with E-state index in [0.29, 0.717) is 28.8 Å². The van der Waals surface area contributed by atoms with Crippen LogP contribution >= 0.6 is 11.6 Å². The van der Waals surface area contributed by atoms with Crippen LogP contribution in [0.1, 0.15) is 79.8 Å². The number of nitrogens with one attached hydrogen (secondary N) is 1. The van der Waals surface area contributed by atoms with Crippen molar-refractivity contribution in [2.45, 2.75) is 83.0 Å². The van der Waals surface area contributed by atoms with Gasteiger partial charge in [-0.1, -0.05) is 62.1 Å². The number of benzene rings is 2. The van der Waals surface area contributed by atoms with Gasteiger partial charge in [0.2, 0.25) is 0 Å². The number of hydrogen-bond donors (Lipinski definition) is 1. The van der Waals surface area contributed by atoms with E-state index in [1.807, 2.05) is 59.5 Å². The Morgan fingerprint density at radius 1 is 1.00 bits per heavy atom. The first-order valence-corrected chi connectivity index (χ1v) is 13.7. The van der Waals surface area contributed by atoms with E-state index in [-0.39, 0.29) is 30.0 Å². The van der Waals surface area contributed by atoms with Crippen molar-refractivity contribution in [1.29, 1.82) is 0 Å². The van der Waals surface area contributed by atoms with Crippen LogP contribution in [-0.2, 0) is 16.1 Å². The maximum Gasteiger partial charge on any atom is 0.289 e. The molecule has 0 spiro atoms. The zero-order chi connectivity index (χ0) is 25.1. The fraction of sp³-hybridized carbons (Fsp3) is 0.467. The van der Waals surface area contributed by atoms with E-state index >= 15 is 0 Å². The van der Waals surface area contributed by atoms with E-state index in [0.717, 1.165) is 43.2 Å². The van der Waals surface area contributed by atoms with Crippen molar-refractivity contribution in [2.24, 2.45) is 5.92 Å². The first kappa shape index (κ1) is 24.9. The average molecular weight is 507 g/mol. The minimum Gasteiger partial charge on any atom is -0.482 e. The average Bonchev–Trinajstić information content (AvgIpc) is 2.89. The van der Waals surface area contributed by atoms with Crippen LogP contribution in [0.4, 0.5) is 0 Å². The zero-order valence-corrected chi connectivity index (χ0v) is 21.7. The molecule has 4 atom stereocenters. The minimum atomic E-state index is -0.0822. The van der Waals surface area contributed by atoms with Gasteiger partial charge < -0.3 is 15.0 Å². The molecule has 1 aliphatic heterocycles. The Balaban J connectivity index is 1.31. The van der Waals surface area contributed by atoms with Gasteiger partial charge in [0.05, 0.1) is 6.04 Å². The Labute approximate surface area is 218 Å². The van der Waals surface area contributed by atoms with E-state index in [1.54, 1.807) is 0 Å². The lowest BCUT2D eigenvalue weighted by molar-refractivity contribution is -0.149. The molecular formula is C30H35ClN2O3. The monoisotopic (exact) mass is 506 g/mol. The van der Waals surface area contributed by atoms with Crippen LogP contribution in [0.25, 0.3) is 6.08 Å². The van der Waals surface area contributed by atoms with Crippen molar-refractivity contribution in [2.75, 3.05) is 0 Å². The summed E-state index contributed by atoms with van der Waals surface area (Å²) >= 11 is 6.06. The van der Waals surface area contributed by atoms with Crippen molar-refractivity contribution in [3.63, 3.8) is 0 Å². The van der Waals surface area contributed by atoms with E-state index in [4.69, 9.17) is 16.3 Å². The third-order valence-corrected chi connectivity index (χ3v) is 8.23. The lowest BCUT2D eigenvalue weighted by Crippen LogP contribution is -2.54. The minimum absolute atomic E-state index is 0.0116. The quantitative estimate of drug-likeness (QED) is 0.480. The molecular weight excluding hydrogens is 472 g/mol. The van der Waals surface area contributed by atoms with Crippen LogP contribution < -0.4 is 5.32 Å². The molecule has 2 amide bonds. The Morgan fingerprint density at radius 3 is 2.44 bits per heavy atom. The normalized spacial score (nSPS) is 27.3. The SMILES string of the molecule is CC1CCCCC1NC(=O)c1ccc(/C=C2\OC3CCCCC3N(Cc3ccc(Cl)cc3)C2=O)cc1. The number of ether oxygens (including phenoxy) is 1. The molecule has 6 heteroatoms. The van der Waals surface area contributed by atoms with Crippen LogP contribution in [0.3, 0.4) is 0 Å². The number of morpholine rings is 1. The molecule has 5 nitrogen and oxygen atoms in total. The van der Waals surface area contributed by atoms with Crippen molar-refractivity contribution in [3.05, 3.63) is 76.0 Å². The first-order chi connectivity index (χ1) is 17.5. The fourth-order valence-corrected chi connectivity index (χ4v) is 5.94. The van der Waals surface area contributed by atoms with E-state index in [9.17, 15) is 9.59 Å². The Bertz CT molecular complexity index is 1110. The number of rotatable bonds is 5. The molecule has 3 fully saturated rings. The predicted molar refractivity (Wildman–Crippen MR) is 142 cm³/mol. The molecule has 1 heterocycles. The summed E-state index contributed by atoms with van der Waals surface area (Å²) in [6.07, 6.45) is 10.6. The zero-order valence-electron chi connectivity index (χ0n) is 20.9. The predicted octanol–water partition coefficient (Wildman–Crippen LogP) is 6.36. The molecule has 0 aromatic heterocycles. The summed E-state index contributed by atoms with van der Waals surface area (Å²) in [5.41, 5.74) is 2.55. The summed E-state index contributed by atoms with van der Waals surface area (Å²) < 4.78 is 6.25. The van der Waals surface area contributed by atoms with Crippen LogP contribution in [-0.4, -0.2) is 34.9 Å². The van der Waals surface area contributed by atoms with Gasteiger partial charge in [-0.15, -0.1) is 0 Å². The number of halogens is 1. The Hall–Kier alpha value is -2.79. The maximum atomic E-state index is 13.5. The summed E-state index contributed by atoms with van der Waals surface area (Å²) in [5, 5.41) is 3.90. The van der Waals surface area contributed by atoms with Crippen LogP contribution in [0, 0.1) is 5.92 Å². The molecule has 0 radical (unpaired) electrons. The lowest BCUT2D eigenvalue weighted by atomic mass is 9.86. The highest BCUT2D eigenvalue weighted by atomic mass is 35.5. The number of amides is 2. The Kier molecular flexibility index (Phi) is 7.66. The van der Waals surface area contributed by atoms with Gasteiger partial charge in [-0.25, -0.2) is 0 Å². The number of carbonyl (C=O) groups is 2. The molecule has 4 unspecified atom stereocenters. The molecule has 190 valence electrons. The third-order valence-electron chi connectivity index (χ3n) is 7.98. The summed E-state index contributed by atoms with van der Waals surface area (Å²) in [6.45, 7) is 2.75. The van der Waals surface area contributed by atoms with Crippen LogP contribution in [0.5, 0.6) is 0 Å². The third kappa shape index (κ3) is 5.62. The molecule has 1 N–H and O–H groups in total. The summed E-state index contributed by atoms with van der Waals surface area (Å²) in [5.74, 6) is 0.777. The second kappa shape index (κ2) is 11.1. The van der Waals surface area contributed by atoms with Gasteiger partial charge in [0.15, 0.2) is 5.76 Å². The molecule has 1 saturated heterocycles. The molecule has 2 saturated carbocycles. The first-order valence-electron chi connectivity index (χ1n) is 13.3. The van der Waals surface area contributed by atoms with Crippen molar-refractivity contribution >= 4 is 29.5 Å². The highest BCUT2D eigenvalue weighted by Gasteiger charge is 2.41. The van der Waals surface area contributed by atoms with Gasteiger partial charge in [0.25, 0.3) is 11.8 Å². The molecule has 2 aliphatic carbocycles. The number of hydrogen-bond acceptors (Lipinski definition) is 3. The molecule has 36 heavy (non-hydrogen) atoms. The standard InChI is InChI=1S/C30H35ClN2O3/c1-20-6-2-3-7-25(20)32-29(34)23-14-10-21(11-15-23)18-28-30(35)33(19-22-12-16-24(31)17-13-22)26-8-4-5-9-27(26)36-28/h10-18,20,25-27H,2-9,19H2,1H3,(H,32,34)/b28-18-.